The van der Waals surface area contributed by atoms with Gasteiger partial charge in [0.05, 0.1) is 18.1 Å². The van der Waals surface area contributed by atoms with Crippen LogP contribution in [0.4, 0.5) is 0 Å². The van der Waals surface area contributed by atoms with E-state index >= 15 is 0 Å². The van der Waals surface area contributed by atoms with E-state index < -0.39 is 5.60 Å². The molecule has 0 bridgehead atoms. The van der Waals surface area contributed by atoms with Crippen molar-refractivity contribution >= 4 is 11.0 Å². The second kappa shape index (κ2) is 8.48. The van der Waals surface area contributed by atoms with Crippen molar-refractivity contribution in [3.63, 3.8) is 0 Å². The molecule has 1 aliphatic heterocycles. The van der Waals surface area contributed by atoms with Gasteiger partial charge >= 0.3 is 5.63 Å². The van der Waals surface area contributed by atoms with Crippen LogP contribution in [0.15, 0.2) is 50.7 Å². The molecule has 4 heteroatoms. The Hall–Kier alpha value is -2.49. The van der Waals surface area contributed by atoms with E-state index in [4.69, 9.17) is 13.9 Å². The first-order valence-corrected chi connectivity index (χ1v) is 10.4. The number of benzene rings is 1. The highest BCUT2D eigenvalue weighted by Gasteiger charge is 2.44. The molecule has 0 spiro atoms. The predicted molar refractivity (Wildman–Crippen MR) is 118 cm³/mol. The predicted octanol–water partition coefficient (Wildman–Crippen LogP) is 6.53. The SMILES string of the molecule is COc1ccc2c3c(c(=O)oc2c1)[C@@H](C)[C@@](C)(CC/C=C(\C)CCC=C(C)C)O3. The molecule has 0 unspecified atom stereocenters. The summed E-state index contributed by atoms with van der Waals surface area (Å²) >= 11 is 0. The van der Waals surface area contributed by atoms with E-state index in [1.807, 2.05) is 12.1 Å². The van der Waals surface area contributed by atoms with Crippen molar-refractivity contribution in [1.82, 2.24) is 0 Å². The molecule has 4 nitrogen and oxygen atoms in total. The second-order valence-corrected chi connectivity index (χ2v) is 8.54. The first-order chi connectivity index (χ1) is 13.7. The maximum absolute atomic E-state index is 12.7. The third-order valence-corrected chi connectivity index (χ3v) is 6.01. The number of hydrogen-bond acceptors (Lipinski definition) is 4. The zero-order valence-electron chi connectivity index (χ0n) is 18.4. The van der Waals surface area contributed by atoms with Crippen LogP contribution in [-0.2, 0) is 0 Å². The smallest absolute Gasteiger partial charge is 0.343 e. The standard InChI is InChI=1S/C25H32O4/c1-16(2)9-7-10-17(3)11-8-14-25(5)18(4)22-23(29-25)20-13-12-19(27-6)15-21(20)28-24(22)26/h9,11-13,15,18H,7-8,10,14H2,1-6H3/b17-11+/t18-,25-/m1/s1. The maximum atomic E-state index is 12.7. The Morgan fingerprint density at radius 1 is 1.21 bits per heavy atom. The summed E-state index contributed by atoms with van der Waals surface area (Å²) in [6.07, 6.45) is 8.50. The Labute approximate surface area is 173 Å². The number of allylic oxidation sites excluding steroid dienone is 4. The summed E-state index contributed by atoms with van der Waals surface area (Å²) in [4.78, 5) is 12.7. The molecule has 29 heavy (non-hydrogen) atoms. The average Bonchev–Trinajstić information content (AvgIpc) is 2.93. The van der Waals surface area contributed by atoms with E-state index in [9.17, 15) is 4.79 Å². The number of hydrogen-bond donors (Lipinski definition) is 0. The zero-order valence-corrected chi connectivity index (χ0v) is 18.4. The van der Waals surface area contributed by atoms with Crippen LogP contribution in [0.5, 0.6) is 11.5 Å². The third kappa shape index (κ3) is 4.42. The van der Waals surface area contributed by atoms with E-state index in [1.165, 1.54) is 11.1 Å². The molecule has 0 saturated carbocycles. The van der Waals surface area contributed by atoms with Crippen molar-refractivity contribution in [1.29, 1.82) is 0 Å². The minimum atomic E-state index is -0.429. The lowest BCUT2D eigenvalue weighted by molar-refractivity contribution is 0.0862. The van der Waals surface area contributed by atoms with Gasteiger partial charge < -0.3 is 13.9 Å². The van der Waals surface area contributed by atoms with Gasteiger partial charge in [-0.1, -0.05) is 30.2 Å². The summed E-state index contributed by atoms with van der Waals surface area (Å²) in [5.41, 5.74) is 3.16. The summed E-state index contributed by atoms with van der Waals surface area (Å²) < 4.78 is 17.3. The Morgan fingerprint density at radius 3 is 2.66 bits per heavy atom. The van der Waals surface area contributed by atoms with Crippen LogP contribution in [0.2, 0.25) is 0 Å². The number of methoxy groups -OCH3 is 1. The van der Waals surface area contributed by atoms with Gasteiger partial charge in [-0.05, 0) is 65.5 Å². The van der Waals surface area contributed by atoms with Crippen molar-refractivity contribution < 1.29 is 13.9 Å². The maximum Gasteiger partial charge on any atom is 0.343 e. The lowest BCUT2D eigenvalue weighted by Crippen LogP contribution is -2.33. The van der Waals surface area contributed by atoms with Gasteiger partial charge in [0.25, 0.3) is 0 Å². The summed E-state index contributed by atoms with van der Waals surface area (Å²) in [7, 11) is 1.59. The molecule has 156 valence electrons. The minimum Gasteiger partial charge on any atom is -0.497 e. The van der Waals surface area contributed by atoms with Gasteiger partial charge in [-0.2, -0.15) is 0 Å². The Bertz CT molecular complexity index is 1010. The highest BCUT2D eigenvalue weighted by Crippen LogP contribution is 2.48. The average molecular weight is 397 g/mol. The van der Waals surface area contributed by atoms with Crippen LogP contribution >= 0.6 is 0 Å². The fourth-order valence-corrected chi connectivity index (χ4v) is 3.97. The van der Waals surface area contributed by atoms with Gasteiger partial charge in [-0.25, -0.2) is 4.79 Å². The lowest BCUT2D eigenvalue weighted by atomic mass is 9.84. The quantitative estimate of drug-likeness (QED) is 0.394. The zero-order chi connectivity index (χ0) is 21.2. The van der Waals surface area contributed by atoms with E-state index in [1.54, 1.807) is 13.2 Å². The van der Waals surface area contributed by atoms with Crippen molar-refractivity contribution in [2.24, 2.45) is 0 Å². The minimum absolute atomic E-state index is 0.0281. The molecule has 2 atom stereocenters. The molecule has 2 aromatic rings. The van der Waals surface area contributed by atoms with E-state index in [-0.39, 0.29) is 11.5 Å². The van der Waals surface area contributed by atoms with E-state index in [2.05, 4.69) is 46.8 Å². The van der Waals surface area contributed by atoms with Gasteiger partial charge in [-0.15, -0.1) is 0 Å². The van der Waals surface area contributed by atoms with E-state index in [0.29, 0.717) is 22.6 Å². The molecule has 0 amide bonds. The van der Waals surface area contributed by atoms with Crippen LogP contribution in [0, 0.1) is 0 Å². The molecule has 0 saturated heterocycles. The molecular formula is C25H32O4. The first kappa shape index (κ1) is 21.2. The second-order valence-electron chi connectivity index (χ2n) is 8.54. The lowest BCUT2D eigenvalue weighted by Gasteiger charge is -2.28. The highest BCUT2D eigenvalue weighted by molar-refractivity contribution is 5.86. The normalized spacial score (nSPS) is 21.0. The summed E-state index contributed by atoms with van der Waals surface area (Å²) in [5.74, 6) is 1.29. The van der Waals surface area contributed by atoms with Gasteiger partial charge in [-0.3, -0.25) is 0 Å². The fourth-order valence-electron chi connectivity index (χ4n) is 3.97. The van der Waals surface area contributed by atoms with Crippen molar-refractivity contribution in [3.8, 4) is 11.5 Å². The van der Waals surface area contributed by atoms with Crippen LogP contribution in [-0.4, -0.2) is 12.7 Å². The van der Waals surface area contributed by atoms with Crippen LogP contribution in [0.1, 0.15) is 71.8 Å². The molecule has 0 aliphatic carbocycles. The molecule has 1 aliphatic rings. The summed E-state index contributed by atoms with van der Waals surface area (Å²) in [5, 5.41) is 0.824. The number of fused-ring (bicyclic) bond motifs is 3. The molecule has 0 radical (unpaired) electrons. The van der Waals surface area contributed by atoms with Crippen LogP contribution < -0.4 is 15.1 Å². The summed E-state index contributed by atoms with van der Waals surface area (Å²) in [6.45, 7) is 10.6. The summed E-state index contributed by atoms with van der Waals surface area (Å²) in [6, 6.07) is 5.51. The van der Waals surface area contributed by atoms with Crippen molar-refractivity contribution in [2.75, 3.05) is 7.11 Å². The fraction of sp³-hybridized carbons (Fsp3) is 0.480. The van der Waals surface area contributed by atoms with Crippen LogP contribution in [0.3, 0.4) is 0 Å². The van der Waals surface area contributed by atoms with Crippen molar-refractivity contribution in [3.05, 3.63) is 57.5 Å². The first-order valence-electron chi connectivity index (χ1n) is 10.4. The molecule has 1 aromatic carbocycles. The highest BCUT2D eigenvalue weighted by atomic mass is 16.5. The molecular weight excluding hydrogens is 364 g/mol. The monoisotopic (exact) mass is 396 g/mol. The Morgan fingerprint density at radius 2 is 1.97 bits per heavy atom. The molecule has 3 rings (SSSR count). The van der Waals surface area contributed by atoms with Gasteiger partial charge in [0.15, 0.2) is 0 Å². The van der Waals surface area contributed by atoms with E-state index in [0.717, 1.165) is 31.1 Å². The van der Waals surface area contributed by atoms with Crippen molar-refractivity contribution in [2.45, 2.75) is 71.8 Å². The molecule has 1 aromatic heterocycles. The number of rotatable bonds is 7. The number of ether oxygens (including phenoxy) is 2. The largest absolute Gasteiger partial charge is 0.497 e. The Kier molecular flexibility index (Phi) is 6.21. The molecule has 2 heterocycles. The topological polar surface area (TPSA) is 48.7 Å². The Balaban J connectivity index is 1.79. The molecule has 0 fully saturated rings. The van der Waals surface area contributed by atoms with Crippen LogP contribution in [0.25, 0.3) is 11.0 Å². The van der Waals surface area contributed by atoms with Gasteiger partial charge in [0.1, 0.15) is 22.7 Å². The molecule has 0 N–H and O–H groups in total. The third-order valence-electron chi connectivity index (χ3n) is 6.01. The van der Waals surface area contributed by atoms with Gasteiger partial charge in [0.2, 0.25) is 0 Å². The van der Waals surface area contributed by atoms with Gasteiger partial charge in [0, 0.05) is 12.0 Å².